The van der Waals surface area contributed by atoms with Crippen LogP contribution in [0.4, 0.5) is 0 Å². The van der Waals surface area contributed by atoms with Crippen LogP contribution in [-0.4, -0.2) is 17.8 Å². The van der Waals surface area contributed by atoms with Crippen LogP contribution in [0.1, 0.15) is 5.56 Å². The monoisotopic (exact) mass is 193 g/mol. The summed E-state index contributed by atoms with van der Waals surface area (Å²) in [5.41, 5.74) is 6.73. The lowest BCUT2D eigenvalue weighted by atomic mass is 10.1. The summed E-state index contributed by atoms with van der Waals surface area (Å²) in [6.07, 6.45) is 0.778. The van der Waals surface area contributed by atoms with Gasteiger partial charge >= 0.3 is 0 Å². The second-order valence-electron chi connectivity index (χ2n) is 2.28. The highest BCUT2D eigenvalue weighted by Gasteiger charge is 2.00. The first kappa shape index (κ1) is 10.9. The molecule has 0 amide bonds. The van der Waals surface area contributed by atoms with Crippen LogP contribution < -0.4 is 5.73 Å². The lowest BCUT2D eigenvalue weighted by Crippen LogP contribution is -2.26. The third-order valence-electron chi connectivity index (χ3n) is 1.31. The zero-order valence-corrected chi connectivity index (χ0v) is 7.70. The molecular weight excluding hydrogens is 182 g/mol. The van der Waals surface area contributed by atoms with Crippen LogP contribution in [0, 0.1) is 0 Å². The normalized spacial score (nSPS) is 12.2. The smallest absolute Gasteiger partial charge is 0.0585 e. The molecule has 0 bridgehead atoms. The quantitative estimate of drug-likeness (QED) is 0.754. The first-order valence-corrected chi connectivity index (χ1v) is 4.14. The lowest BCUT2D eigenvalue weighted by Gasteiger charge is -2.04. The van der Waals surface area contributed by atoms with Gasteiger partial charge in [0.1, 0.15) is 0 Å². The molecule has 0 aliphatic rings. The van der Waals surface area contributed by atoms with Gasteiger partial charge in [0.15, 0.2) is 0 Å². The SMILES string of the molecule is Cl.NC(CO)Cc1ccsc1. The average molecular weight is 194 g/mol. The molecule has 1 aromatic heterocycles. The van der Waals surface area contributed by atoms with E-state index in [0.29, 0.717) is 0 Å². The first-order valence-electron chi connectivity index (χ1n) is 3.20. The summed E-state index contributed by atoms with van der Waals surface area (Å²) in [4.78, 5) is 0. The van der Waals surface area contributed by atoms with Gasteiger partial charge in [-0.2, -0.15) is 11.3 Å². The third-order valence-corrected chi connectivity index (χ3v) is 2.04. The van der Waals surface area contributed by atoms with Gasteiger partial charge in [-0.05, 0) is 28.8 Å². The first-order chi connectivity index (χ1) is 4.83. The predicted molar refractivity (Wildman–Crippen MR) is 50.3 cm³/mol. The van der Waals surface area contributed by atoms with Crippen LogP contribution in [0.2, 0.25) is 0 Å². The minimum atomic E-state index is -0.102. The molecule has 4 heteroatoms. The van der Waals surface area contributed by atoms with Crippen molar-refractivity contribution in [3.8, 4) is 0 Å². The minimum absolute atomic E-state index is 0. The van der Waals surface area contributed by atoms with Crippen molar-refractivity contribution in [3.05, 3.63) is 22.4 Å². The molecule has 1 aromatic rings. The van der Waals surface area contributed by atoms with Gasteiger partial charge in [0.2, 0.25) is 0 Å². The Kier molecular flexibility index (Phi) is 5.50. The molecule has 0 saturated heterocycles. The van der Waals surface area contributed by atoms with Crippen LogP contribution in [0.25, 0.3) is 0 Å². The van der Waals surface area contributed by atoms with Crippen molar-refractivity contribution >= 4 is 23.7 Å². The number of aliphatic hydroxyl groups excluding tert-OH is 1. The topological polar surface area (TPSA) is 46.2 Å². The molecule has 1 unspecified atom stereocenters. The molecule has 1 heterocycles. The van der Waals surface area contributed by atoms with Crippen LogP contribution in [0.15, 0.2) is 16.8 Å². The Morgan fingerprint density at radius 2 is 2.36 bits per heavy atom. The van der Waals surface area contributed by atoms with Gasteiger partial charge in [-0.1, -0.05) is 0 Å². The Bertz CT molecular complexity index is 179. The summed E-state index contributed by atoms with van der Waals surface area (Å²) in [7, 11) is 0. The van der Waals surface area contributed by atoms with Crippen LogP contribution >= 0.6 is 23.7 Å². The zero-order valence-electron chi connectivity index (χ0n) is 6.06. The number of halogens is 1. The van der Waals surface area contributed by atoms with Gasteiger partial charge in [0.25, 0.3) is 0 Å². The second-order valence-corrected chi connectivity index (χ2v) is 3.06. The summed E-state index contributed by atoms with van der Waals surface area (Å²) in [5, 5.41) is 12.7. The van der Waals surface area contributed by atoms with Gasteiger partial charge in [-0.15, -0.1) is 12.4 Å². The maximum atomic E-state index is 8.61. The fraction of sp³-hybridized carbons (Fsp3) is 0.429. The lowest BCUT2D eigenvalue weighted by molar-refractivity contribution is 0.265. The average Bonchev–Trinajstić information content (AvgIpc) is 2.40. The molecule has 0 aromatic carbocycles. The van der Waals surface area contributed by atoms with E-state index in [2.05, 4.69) is 5.38 Å². The number of nitrogens with two attached hydrogens (primary N) is 1. The minimum Gasteiger partial charge on any atom is -0.395 e. The van der Waals surface area contributed by atoms with E-state index in [9.17, 15) is 0 Å². The summed E-state index contributed by atoms with van der Waals surface area (Å²) in [5.74, 6) is 0. The Hall–Kier alpha value is -0.0900. The van der Waals surface area contributed by atoms with Crippen molar-refractivity contribution in [3.63, 3.8) is 0 Å². The highest BCUT2D eigenvalue weighted by Crippen LogP contribution is 2.07. The molecule has 64 valence electrons. The van der Waals surface area contributed by atoms with E-state index in [1.54, 1.807) is 11.3 Å². The molecule has 0 radical (unpaired) electrons. The predicted octanol–water partition coefficient (Wildman–Crippen LogP) is 1.03. The molecule has 2 nitrogen and oxygen atoms in total. The fourth-order valence-electron chi connectivity index (χ4n) is 0.776. The van der Waals surface area contributed by atoms with Gasteiger partial charge in [0.05, 0.1) is 6.61 Å². The molecule has 0 saturated carbocycles. The Balaban J connectivity index is 0.000001000. The second kappa shape index (κ2) is 5.55. The Morgan fingerprint density at radius 1 is 1.64 bits per heavy atom. The van der Waals surface area contributed by atoms with E-state index in [1.807, 2.05) is 11.4 Å². The van der Waals surface area contributed by atoms with Gasteiger partial charge in [0, 0.05) is 6.04 Å². The molecule has 0 aliphatic carbocycles. The molecule has 1 rings (SSSR count). The molecule has 0 fully saturated rings. The molecular formula is C7H12ClNOS. The van der Waals surface area contributed by atoms with Gasteiger partial charge in [-0.3, -0.25) is 0 Å². The Labute approximate surface area is 76.5 Å². The van der Waals surface area contributed by atoms with Crippen molar-refractivity contribution in [2.24, 2.45) is 5.73 Å². The number of rotatable bonds is 3. The zero-order chi connectivity index (χ0) is 7.40. The summed E-state index contributed by atoms with van der Waals surface area (Å²) in [6.45, 7) is 0.0653. The standard InChI is InChI=1S/C7H11NOS.ClH/c8-7(4-9)3-6-1-2-10-5-6;/h1-2,5,7,9H,3-4,8H2;1H. The van der Waals surface area contributed by atoms with E-state index in [1.165, 1.54) is 5.56 Å². The number of hydrogen-bond acceptors (Lipinski definition) is 3. The summed E-state index contributed by atoms with van der Waals surface area (Å²) in [6, 6.07) is 1.93. The van der Waals surface area contributed by atoms with Crippen molar-refractivity contribution in [2.45, 2.75) is 12.5 Å². The number of hydrogen-bond donors (Lipinski definition) is 2. The summed E-state index contributed by atoms with van der Waals surface area (Å²) < 4.78 is 0. The van der Waals surface area contributed by atoms with Crippen LogP contribution in [0.3, 0.4) is 0 Å². The van der Waals surface area contributed by atoms with Crippen molar-refractivity contribution in [2.75, 3.05) is 6.61 Å². The Morgan fingerprint density at radius 3 is 2.82 bits per heavy atom. The molecule has 1 atom stereocenters. The number of aliphatic hydroxyl groups is 1. The highest BCUT2D eigenvalue weighted by molar-refractivity contribution is 7.07. The van der Waals surface area contributed by atoms with Crippen molar-refractivity contribution < 1.29 is 5.11 Å². The van der Waals surface area contributed by atoms with E-state index in [-0.39, 0.29) is 25.1 Å². The highest BCUT2D eigenvalue weighted by atomic mass is 35.5. The van der Waals surface area contributed by atoms with Crippen molar-refractivity contribution in [1.82, 2.24) is 0 Å². The van der Waals surface area contributed by atoms with Crippen molar-refractivity contribution in [1.29, 1.82) is 0 Å². The van der Waals surface area contributed by atoms with E-state index in [4.69, 9.17) is 10.8 Å². The third kappa shape index (κ3) is 3.72. The van der Waals surface area contributed by atoms with Gasteiger partial charge in [-0.25, -0.2) is 0 Å². The van der Waals surface area contributed by atoms with E-state index in [0.717, 1.165) is 6.42 Å². The van der Waals surface area contributed by atoms with Crippen LogP contribution in [-0.2, 0) is 6.42 Å². The molecule has 11 heavy (non-hydrogen) atoms. The van der Waals surface area contributed by atoms with E-state index < -0.39 is 0 Å². The molecule has 0 spiro atoms. The molecule has 3 N–H and O–H groups in total. The number of thiophene rings is 1. The molecule has 0 aliphatic heterocycles. The van der Waals surface area contributed by atoms with E-state index >= 15 is 0 Å². The largest absolute Gasteiger partial charge is 0.395 e. The maximum Gasteiger partial charge on any atom is 0.0585 e. The maximum absolute atomic E-state index is 8.61. The summed E-state index contributed by atoms with van der Waals surface area (Å²) >= 11 is 1.65. The van der Waals surface area contributed by atoms with Gasteiger partial charge < -0.3 is 10.8 Å². The fourth-order valence-corrected chi connectivity index (χ4v) is 1.46. The van der Waals surface area contributed by atoms with Crippen LogP contribution in [0.5, 0.6) is 0 Å².